The molecule has 1 fully saturated rings. The molecule has 0 spiro atoms. The van der Waals surface area contributed by atoms with Crippen LogP contribution >= 0.6 is 0 Å². The van der Waals surface area contributed by atoms with Gasteiger partial charge in [-0.3, -0.25) is 19.7 Å². The first-order valence-corrected chi connectivity index (χ1v) is 10.0. The van der Waals surface area contributed by atoms with Gasteiger partial charge in [0.25, 0.3) is 5.91 Å². The van der Waals surface area contributed by atoms with Crippen LogP contribution in [0.1, 0.15) is 59.7 Å². The number of nitrogens with zero attached hydrogens (tertiary/aromatic N) is 1. The van der Waals surface area contributed by atoms with Crippen molar-refractivity contribution in [3.63, 3.8) is 0 Å². The van der Waals surface area contributed by atoms with Crippen LogP contribution in [0.5, 0.6) is 0 Å². The van der Waals surface area contributed by atoms with Gasteiger partial charge in [0, 0.05) is 51.2 Å². The summed E-state index contributed by atoms with van der Waals surface area (Å²) in [5.74, 6) is -0.327. The Morgan fingerprint density at radius 3 is 2.45 bits per heavy atom. The average Bonchev–Trinajstić information content (AvgIpc) is 3.04. The number of amides is 3. The Bertz CT molecular complexity index is 977. The summed E-state index contributed by atoms with van der Waals surface area (Å²) in [5, 5.41) is 2.27. The minimum absolute atomic E-state index is 0. The molecule has 0 saturated carbocycles. The first-order valence-electron chi connectivity index (χ1n) is 10.0. The van der Waals surface area contributed by atoms with Crippen molar-refractivity contribution in [2.24, 2.45) is 0 Å². The van der Waals surface area contributed by atoms with Gasteiger partial charge in [-0.1, -0.05) is 55.8 Å². The molecular weight excluding hydrogens is 469 g/mol. The van der Waals surface area contributed by atoms with E-state index in [9.17, 15) is 14.4 Å². The van der Waals surface area contributed by atoms with Crippen LogP contribution in [0.3, 0.4) is 0 Å². The maximum atomic E-state index is 12.3. The van der Waals surface area contributed by atoms with Crippen molar-refractivity contribution in [1.29, 1.82) is 0 Å². The molecule has 31 heavy (non-hydrogen) atoms. The largest absolute Gasteiger partial charge is 0.699 e. The van der Waals surface area contributed by atoms with E-state index < -0.39 is 11.9 Å². The summed E-state index contributed by atoms with van der Waals surface area (Å²) in [7, 11) is 0. The fourth-order valence-corrected chi connectivity index (χ4v) is 3.64. The zero-order valence-electron chi connectivity index (χ0n) is 17.8. The molecular formula is C23H26N4O3Y-2. The standard InChI is InChI=1S/C14H14N3O3.C9H12N.Y/c15-6-8-1-2-10-9(5-8)7-17(14(10)20)11-3-4-12(18)16-13(11)19;1-7(2)8-4-3-5-9(10)6-8;/h1-2,5,11,15H,3-4,6-7H2,(H,16,18,19);3-7,10H,1-2H3;/q2*-1;. The van der Waals surface area contributed by atoms with E-state index in [1.165, 1.54) is 10.5 Å². The van der Waals surface area contributed by atoms with E-state index in [1.54, 1.807) is 18.2 Å². The Labute approximate surface area is 207 Å². The van der Waals surface area contributed by atoms with E-state index in [2.05, 4.69) is 25.2 Å². The summed E-state index contributed by atoms with van der Waals surface area (Å²) in [5.41, 5.74) is 18.8. The van der Waals surface area contributed by atoms with Crippen LogP contribution in [0.25, 0.3) is 11.5 Å². The number of hydrogen-bond donors (Lipinski definition) is 1. The normalized spacial score (nSPS) is 17.5. The zero-order valence-corrected chi connectivity index (χ0v) is 20.6. The Kier molecular flexibility index (Phi) is 8.92. The van der Waals surface area contributed by atoms with E-state index in [0.29, 0.717) is 30.1 Å². The monoisotopic (exact) mass is 495 g/mol. The fraction of sp³-hybridized carbons (Fsp3) is 0.348. The maximum Gasteiger partial charge on any atom is 0.255 e. The summed E-state index contributed by atoms with van der Waals surface area (Å²) in [6, 6.07) is 12.4. The number of rotatable bonds is 3. The van der Waals surface area contributed by atoms with E-state index >= 15 is 0 Å². The van der Waals surface area contributed by atoms with Crippen molar-refractivity contribution in [3.8, 4) is 0 Å². The molecule has 2 aromatic carbocycles. The van der Waals surface area contributed by atoms with Crippen molar-refractivity contribution in [2.45, 2.75) is 51.7 Å². The molecule has 2 aromatic rings. The third-order valence-corrected chi connectivity index (χ3v) is 5.35. The molecule has 3 amide bonds. The van der Waals surface area contributed by atoms with Crippen LogP contribution in [-0.4, -0.2) is 28.7 Å². The van der Waals surface area contributed by atoms with Crippen molar-refractivity contribution in [2.75, 3.05) is 0 Å². The second-order valence-corrected chi connectivity index (χ2v) is 7.85. The molecule has 1 atom stereocenters. The molecule has 7 nitrogen and oxygen atoms in total. The predicted molar refractivity (Wildman–Crippen MR) is 115 cm³/mol. The van der Waals surface area contributed by atoms with Crippen LogP contribution < -0.4 is 5.32 Å². The number of imide groups is 1. The molecule has 1 unspecified atom stereocenters. The SMILES string of the molecule is CC(C)c1cccc([NH-])c1.[NH-]Cc1ccc2c(c1)CN(C1CCC(=O)NC1=O)C2=O.[Y]. The quantitative estimate of drug-likeness (QED) is 0.633. The summed E-state index contributed by atoms with van der Waals surface area (Å²) in [6.45, 7) is 4.80. The third-order valence-electron chi connectivity index (χ3n) is 5.35. The van der Waals surface area contributed by atoms with Gasteiger partial charge in [0.15, 0.2) is 0 Å². The van der Waals surface area contributed by atoms with E-state index in [-0.39, 0.29) is 57.5 Å². The molecule has 2 aliphatic rings. The number of carbonyl (C=O) groups excluding carboxylic acids is 3. The number of nitrogens with one attached hydrogen (secondary N) is 3. The fourth-order valence-electron chi connectivity index (χ4n) is 3.64. The van der Waals surface area contributed by atoms with Crippen molar-refractivity contribution in [1.82, 2.24) is 10.2 Å². The molecule has 4 rings (SSSR count). The number of hydrogen-bond acceptors (Lipinski definition) is 3. The first-order chi connectivity index (χ1) is 14.3. The molecule has 3 N–H and O–H groups in total. The van der Waals surface area contributed by atoms with E-state index in [4.69, 9.17) is 11.5 Å². The second kappa shape index (κ2) is 11.0. The van der Waals surface area contributed by atoms with Gasteiger partial charge in [-0.05, 0) is 29.5 Å². The van der Waals surface area contributed by atoms with Gasteiger partial charge in [-0.2, -0.15) is 0 Å². The second-order valence-electron chi connectivity index (χ2n) is 7.85. The number of benzene rings is 2. The van der Waals surface area contributed by atoms with Gasteiger partial charge < -0.3 is 16.4 Å². The molecule has 2 heterocycles. The van der Waals surface area contributed by atoms with Gasteiger partial charge >= 0.3 is 0 Å². The van der Waals surface area contributed by atoms with Gasteiger partial charge in [0.2, 0.25) is 11.8 Å². The summed E-state index contributed by atoms with van der Waals surface area (Å²) < 4.78 is 0. The summed E-state index contributed by atoms with van der Waals surface area (Å²) in [4.78, 5) is 36.9. The van der Waals surface area contributed by atoms with Crippen molar-refractivity contribution >= 4 is 23.4 Å². The Balaban J connectivity index is 0.000000264. The molecule has 8 heteroatoms. The van der Waals surface area contributed by atoms with E-state index in [1.807, 2.05) is 18.2 Å². The molecule has 161 valence electrons. The first kappa shape index (κ1) is 25.2. The van der Waals surface area contributed by atoms with Gasteiger partial charge in [0.05, 0.1) is 0 Å². The molecule has 2 aliphatic heterocycles. The Hall–Kier alpha value is -2.09. The Morgan fingerprint density at radius 2 is 1.87 bits per heavy atom. The molecule has 0 aliphatic carbocycles. The average molecular weight is 495 g/mol. The van der Waals surface area contributed by atoms with E-state index in [0.717, 1.165) is 11.1 Å². The number of fused-ring (bicyclic) bond motifs is 1. The summed E-state index contributed by atoms with van der Waals surface area (Å²) >= 11 is 0. The van der Waals surface area contributed by atoms with Crippen LogP contribution in [0.2, 0.25) is 0 Å². The van der Waals surface area contributed by atoms with Crippen molar-refractivity contribution in [3.05, 3.63) is 76.2 Å². The zero-order chi connectivity index (χ0) is 21.8. The number of carbonyl (C=O) groups is 3. The molecule has 1 saturated heterocycles. The summed E-state index contributed by atoms with van der Waals surface area (Å²) in [6.07, 6.45) is 0.629. The van der Waals surface area contributed by atoms with Crippen LogP contribution in [0.4, 0.5) is 5.69 Å². The number of piperidine rings is 1. The third kappa shape index (κ3) is 6.00. The smallest absolute Gasteiger partial charge is 0.255 e. The topological polar surface area (TPSA) is 114 Å². The minimum Gasteiger partial charge on any atom is -0.699 e. The van der Waals surface area contributed by atoms with Gasteiger partial charge in [-0.25, -0.2) is 0 Å². The molecule has 0 aromatic heterocycles. The Morgan fingerprint density at radius 1 is 1.13 bits per heavy atom. The minimum atomic E-state index is -0.577. The molecule has 0 bridgehead atoms. The predicted octanol–water partition coefficient (Wildman–Crippen LogP) is 4.49. The maximum absolute atomic E-state index is 12.3. The van der Waals surface area contributed by atoms with Crippen LogP contribution in [0.15, 0.2) is 42.5 Å². The van der Waals surface area contributed by atoms with Gasteiger partial charge in [0.1, 0.15) is 6.04 Å². The molecule has 1 radical (unpaired) electrons. The van der Waals surface area contributed by atoms with Gasteiger partial charge in [-0.15, -0.1) is 12.2 Å². The van der Waals surface area contributed by atoms with Crippen LogP contribution in [-0.2, 0) is 55.4 Å². The van der Waals surface area contributed by atoms with Crippen LogP contribution in [0, 0.1) is 0 Å². The van der Waals surface area contributed by atoms with Crippen molar-refractivity contribution < 1.29 is 47.1 Å².